The number of hydrogen-bond donors (Lipinski definition) is 0. The minimum absolute atomic E-state index is 0.0670. The van der Waals surface area contributed by atoms with Gasteiger partial charge in [-0.25, -0.2) is 0 Å². The Morgan fingerprint density at radius 2 is 1.60 bits per heavy atom. The normalized spacial score (nSPS) is 16.4. The molecule has 1 aliphatic rings. The summed E-state index contributed by atoms with van der Waals surface area (Å²) in [5.74, 6) is -0.628. The predicted octanol–water partition coefficient (Wildman–Crippen LogP) is 4.75. The summed E-state index contributed by atoms with van der Waals surface area (Å²) in [5.41, 5.74) is 0.994. The summed E-state index contributed by atoms with van der Waals surface area (Å²) in [4.78, 5) is 11.0. The van der Waals surface area contributed by atoms with Gasteiger partial charge in [-0.15, -0.1) is 0 Å². The van der Waals surface area contributed by atoms with Gasteiger partial charge in [0.2, 0.25) is 0 Å². The number of ether oxygens (including phenoxy) is 1. The van der Waals surface area contributed by atoms with Crippen LogP contribution in [-0.2, 0) is 4.79 Å². The zero-order valence-corrected chi connectivity index (χ0v) is 12.3. The van der Waals surface area contributed by atoms with Gasteiger partial charge in [0, 0.05) is 12.8 Å². The summed E-state index contributed by atoms with van der Waals surface area (Å²) in [6.07, 6.45) is -2.32. The van der Waals surface area contributed by atoms with Crippen LogP contribution in [0, 0.1) is 12.8 Å². The first-order valence-electron chi connectivity index (χ1n) is 7.12. The zero-order valence-electron chi connectivity index (χ0n) is 12.3. The third kappa shape index (κ3) is 4.58. The van der Waals surface area contributed by atoms with Crippen molar-refractivity contribution in [3.63, 3.8) is 0 Å². The lowest BCUT2D eigenvalue weighted by Gasteiger charge is -2.29. The first-order chi connectivity index (χ1) is 9.47. The number of aryl methyl sites for hydroxylation is 1. The second kappa shape index (κ2) is 7.36. The van der Waals surface area contributed by atoms with E-state index in [2.05, 4.69) is 0 Å². The van der Waals surface area contributed by atoms with Gasteiger partial charge in [0.25, 0.3) is 0 Å². The fourth-order valence-electron chi connectivity index (χ4n) is 2.12. The van der Waals surface area contributed by atoms with E-state index in [-0.39, 0.29) is 37.2 Å². The number of alkyl halides is 2. The minimum atomic E-state index is -3.20. The van der Waals surface area contributed by atoms with E-state index < -0.39 is 12.0 Å². The molecule has 20 heavy (non-hydrogen) atoms. The number of hydrogen-bond acceptors (Lipinski definition) is 2. The van der Waals surface area contributed by atoms with Gasteiger partial charge >= 0.3 is 6.11 Å². The van der Waals surface area contributed by atoms with Crippen LogP contribution in [0.5, 0.6) is 5.75 Å². The number of halogens is 2. The highest BCUT2D eigenvalue weighted by atomic mass is 19.3. The molecule has 0 aromatic heterocycles. The van der Waals surface area contributed by atoms with E-state index in [9.17, 15) is 13.6 Å². The largest absolute Gasteiger partial charge is 0.432 e. The fraction of sp³-hybridized carbons (Fsp3) is 0.562. The van der Waals surface area contributed by atoms with E-state index >= 15 is 0 Å². The lowest BCUT2D eigenvalue weighted by molar-refractivity contribution is -0.221. The Morgan fingerprint density at radius 3 is 2.10 bits per heavy atom. The third-order valence-corrected chi connectivity index (χ3v) is 3.29. The molecule has 1 fully saturated rings. The van der Waals surface area contributed by atoms with Crippen LogP contribution in [0.1, 0.15) is 45.1 Å². The molecule has 4 heteroatoms. The molecule has 0 atom stereocenters. The number of carbonyl (C=O) groups excluding carboxylic acids is 1. The molecule has 112 valence electrons. The standard InChI is InChI=1S/C14H16F2O2.C2H6/c1-10-2-8-13(9-3-10)18-14(15,16)11-4-6-12(17)7-5-11;1-2/h2-3,8-9,11H,4-7H2,1H3;1-2H3. The topological polar surface area (TPSA) is 26.3 Å². The highest BCUT2D eigenvalue weighted by Gasteiger charge is 2.43. The van der Waals surface area contributed by atoms with Gasteiger partial charge in [0.05, 0.1) is 5.92 Å². The summed E-state index contributed by atoms with van der Waals surface area (Å²) in [6, 6.07) is 6.54. The van der Waals surface area contributed by atoms with E-state index in [4.69, 9.17) is 4.74 Å². The van der Waals surface area contributed by atoms with Gasteiger partial charge in [-0.3, -0.25) is 4.79 Å². The quantitative estimate of drug-likeness (QED) is 0.800. The second-order valence-corrected chi connectivity index (χ2v) is 4.79. The molecular formula is C16H22F2O2. The van der Waals surface area contributed by atoms with E-state index in [1.165, 1.54) is 12.1 Å². The van der Waals surface area contributed by atoms with Crippen LogP contribution in [0.25, 0.3) is 0 Å². The average Bonchev–Trinajstić information content (AvgIpc) is 2.44. The van der Waals surface area contributed by atoms with Crippen molar-refractivity contribution in [3.05, 3.63) is 29.8 Å². The molecule has 2 rings (SSSR count). The van der Waals surface area contributed by atoms with Crippen molar-refractivity contribution in [1.29, 1.82) is 0 Å². The van der Waals surface area contributed by atoms with E-state index in [0.29, 0.717) is 0 Å². The van der Waals surface area contributed by atoms with Gasteiger partial charge in [0.1, 0.15) is 11.5 Å². The Kier molecular flexibility index (Phi) is 6.11. The number of ketones is 1. The molecule has 0 heterocycles. The zero-order chi connectivity index (χ0) is 15.2. The number of rotatable bonds is 3. The van der Waals surface area contributed by atoms with Crippen molar-refractivity contribution < 1.29 is 18.3 Å². The summed E-state index contributed by atoms with van der Waals surface area (Å²) in [5, 5.41) is 0. The maximum atomic E-state index is 13.9. The summed E-state index contributed by atoms with van der Waals surface area (Å²) in [7, 11) is 0. The van der Waals surface area contributed by atoms with Crippen molar-refractivity contribution in [2.75, 3.05) is 0 Å². The predicted molar refractivity (Wildman–Crippen MR) is 75.1 cm³/mol. The van der Waals surface area contributed by atoms with Gasteiger partial charge in [0.15, 0.2) is 0 Å². The average molecular weight is 284 g/mol. The van der Waals surface area contributed by atoms with E-state index in [0.717, 1.165) is 5.56 Å². The van der Waals surface area contributed by atoms with E-state index in [1.807, 2.05) is 20.8 Å². The van der Waals surface area contributed by atoms with Crippen molar-refractivity contribution in [1.82, 2.24) is 0 Å². The van der Waals surface area contributed by atoms with Crippen molar-refractivity contribution in [2.24, 2.45) is 5.92 Å². The van der Waals surface area contributed by atoms with Crippen LogP contribution in [0.3, 0.4) is 0 Å². The highest BCUT2D eigenvalue weighted by molar-refractivity contribution is 5.79. The molecule has 0 spiro atoms. The molecule has 0 N–H and O–H groups in total. The maximum absolute atomic E-state index is 13.9. The Bertz CT molecular complexity index is 417. The van der Waals surface area contributed by atoms with Crippen molar-refractivity contribution >= 4 is 5.78 Å². The molecule has 0 amide bonds. The SMILES string of the molecule is CC.Cc1ccc(OC(F)(F)C2CCC(=O)CC2)cc1. The lowest BCUT2D eigenvalue weighted by atomic mass is 9.87. The van der Waals surface area contributed by atoms with Gasteiger partial charge < -0.3 is 4.74 Å². The summed E-state index contributed by atoms with van der Waals surface area (Å²) < 4.78 is 32.6. The van der Waals surface area contributed by atoms with Gasteiger partial charge in [-0.1, -0.05) is 31.5 Å². The molecule has 1 saturated carbocycles. The van der Waals surface area contributed by atoms with Crippen LogP contribution in [0.4, 0.5) is 8.78 Å². The maximum Gasteiger partial charge on any atom is 0.400 e. The molecule has 0 bridgehead atoms. The smallest absolute Gasteiger partial charge is 0.400 e. The number of benzene rings is 1. The molecule has 0 aliphatic heterocycles. The Labute approximate surface area is 119 Å². The summed E-state index contributed by atoms with van der Waals surface area (Å²) in [6.45, 7) is 5.88. The monoisotopic (exact) mass is 284 g/mol. The molecule has 0 radical (unpaired) electrons. The van der Waals surface area contributed by atoms with Crippen LogP contribution in [0.15, 0.2) is 24.3 Å². The fourth-order valence-corrected chi connectivity index (χ4v) is 2.12. The van der Waals surface area contributed by atoms with Crippen LogP contribution in [0.2, 0.25) is 0 Å². The van der Waals surface area contributed by atoms with Crippen LogP contribution < -0.4 is 4.74 Å². The molecule has 1 aromatic rings. The molecular weight excluding hydrogens is 262 g/mol. The first kappa shape index (κ1) is 16.6. The third-order valence-electron chi connectivity index (χ3n) is 3.29. The van der Waals surface area contributed by atoms with Crippen LogP contribution >= 0.6 is 0 Å². The molecule has 1 aliphatic carbocycles. The number of carbonyl (C=O) groups is 1. The molecule has 2 nitrogen and oxygen atoms in total. The first-order valence-corrected chi connectivity index (χ1v) is 7.12. The van der Waals surface area contributed by atoms with Gasteiger partial charge in [-0.2, -0.15) is 8.78 Å². The second-order valence-electron chi connectivity index (χ2n) is 4.79. The molecule has 1 aromatic carbocycles. The van der Waals surface area contributed by atoms with Crippen molar-refractivity contribution in [3.8, 4) is 5.75 Å². The van der Waals surface area contributed by atoms with Crippen LogP contribution in [-0.4, -0.2) is 11.9 Å². The highest BCUT2D eigenvalue weighted by Crippen LogP contribution is 2.37. The van der Waals surface area contributed by atoms with E-state index in [1.54, 1.807) is 12.1 Å². The molecule has 0 saturated heterocycles. The lowest BCUT2D eigenvalue weighted by Crippen LogP contribution is -2.37. The Morgan fingerprint density at radius 1 is 1.10 bits per heavy atom. The molecule has 0 unspecified atom stereocenters. The Hall–Kier alpha value is -1.45. The Balaban J connectivity index is 0.000000956. The number of Topliss-reactive ketones (excluding diaryl/α,β-unsaturated/α-hetero) is 1. The summed E-state index contributed by atoms with van der Waals surface area (Å²) >= 11 is 0. The minimum Gasteiger partial charge on any atom is -0.432 e. The van der Waals surface area contributed by atoms with Crippen molar-refractivity contribution in [2.45, 2.75) is 52.6 Å². The van der Waals surface area contributed by atoms with Gasteiger partial charge in [-0.05, 0) is 31.9 Å².